The van der Waals surface area contributed by atoms with E-state index in [-0.39, 0.29) is 11.9 Å². The number of esters is 1. The lowest BCUT2D eigenvalue weighted by Crippen LogP contribution is -2.24. The second-order valence-corrected chi connectivity index (χ2v) is 6.39. The number of hydrogen-bond donors (Lipinski definition) is 0. The van der Waals surface area contributed by atoms with E-state index in [4.69, 9.17) is 4.74 Å². The molecule has 1 aliphatic carbocycles. The van der Waals surface area contributed by atoms with Crippen molar-refractivity contribution in [2.75, 3.05) is 7.11 Å². The highest BCUT2D eigenvalue weighted by molar-refractivity contribution is 7.13. The van der Waals surface area contributed by atoms with Gasteiger partial charge in [-0.3, -0.25) is 9.48 Å². The highest BCUT2D eigenvalue weighted by atomic mass is 32.1. The highest BCUT2D eigenvalue weighted by Gasteiger charge is 2.36. The van der Waals surface area contributed by atoms with Gasteiger partial charge in [-0.25, -0.2) is 4.98 Å². The van der Waals surface area contributed by atoms with Crippen LogP contribution in [0.5, 0.6) is 0 Å². The molecule has 2 heterocycles. The van der Waals surface area contributed by atoms with E-state index in [9.17, 15) is 4.79 Å². The summed E-state index contributed by atoms with van der Waals surface area (Å²) in [4.78, 5) is 17.9. The standard InChI is InChI=1S/C15H19N3O2S/c1-18-14(16-13(17-18)11-8-5-9-21-11)12(15(19)20-2)10-6-3-4-7-10/h5,8-10,12H,3-4,6-7H2,1-2H3. The Hall–Kier alpha value is -1.69. The Labute approximate surface area is 128 Å². The van der Waals surface area contributed by atoms with Crippen LogP contribution >= 0.6 is 11.3 Å². The molecular formula is C15H19N3O2S. The van der Waals surface area contributed by atoms with Crippen molar-refractivity contribution in [2.45, 2.75) is 31.6 Å². The Kier molecular flexibility index (Phi) is 4.05. The molecular weight excluding hydrogens is 286 g/mol. The Bertz CT molecular complexity index is 615. The van der Waals surface area contributed by atoms with Crippen LogP contribution in [0, 0.1) is 5.92 Å². The van der Waals surface area contributed by atoms with Crippen molar-refractivity contribution in [1.82, 2.24) is 14.8 Å². The van der Waals surface area contributed by atoms with Crippen molar-refractivity contribution in [3.05, 3.63) is 23.3 Å². The van der Waals surface area contributed by atoms with Crippen molar-refractivity contribution in [3.8, 4) is 10.7 Å². The minimum Gasteiger partial charge on any atom is -0.468 e. The van der Waals surface area contributed by atoms with Crippen LogP contribution in [0.15, 0.2) is 17.5 Å². The second-order valence-electron chi connectivity index (χ2n) is 5.44. The van der Waals surface area contributed by atoms with E-state index in [1.54, 1.807) is 16.0 Å². The summed E-state index contributed by atoms with van der Waals surface area (Å²) < 4.78 is 6.75. The molecule has 1 atom stereocenters. The van der Waals surface area contributed by atoms with Gasteiger partial charge in [0.2, 0.25) is 0 Å². The third-order valence-electron chi connectivity index (χ3n) is 4.14. The van der Waals surface area contributed by atoms with Crippen LogP contribution in [0.4, 0.5) is 0 Å². The number of hydrogen-bond acceptors (Lipinski definition) is 5. The zero-order valence-corrected chi connectivity index (χ0v) is 13.1. The summed E-state index contributed by atoms with van der Waals surface area (Å²) in [6.45, 7) is 0. The molecule has 0 aliphatic heterocycles. The number of thiophene rings is 1. The maximum Gasteiger partial charge on any atom is 0.316 e. The van der Waals surface area contributed by atoms with E-state index >= 15 is 0 Å². The third-order valence-corrected chi connectivity index (χ3v) is 5.01. The molecule has 2 aromatic heterocycles. The van der Waals surface area contributed by atoms with E-state index in [1.807, 2.05) is 24.6 Å². The van der Waals surface area contributed by atoms with Gasteiger partial charge in [-0.1, -0.05) is 18.9 Å². The van der Waals surface area contributed by atoms with Crippen LogP contribution < -0.4 is 0 Å². The summed E-state index contributed by atoms with van der Waals surface area (Å²) in [5.74, 6) is 1.22. The third kappa shape index (κ3) is 2.72. The van der Waals surface area contributed by atoms with Crippen molar-refractivity contribution in [1.29, 1.82) is 0 Å². The van der Waals surface area contributed by atoms with Crippen LogP contribution in [0.2, 0.25) is 0 Å². The molecule has 0 saturated heterocycles. The predicted octanol–water partition coefficient (Wildman–Crippen LogP) is 2.99. The van der Waals surface area contributed by atoms with E-state index in [0.29, 0.717) is 11.7 Å². The van der Waals surface area contributed by atoms with E-state index < -0.39 is 0 Å². The molecule has 1 fully saturated rings. The van der Waals surface area contributed by atoms with Gasteiger partial charge in [0, 0.05) is 7.05 Å². The fourth-order valence-electron chi connectivity index (χ4n) is 3.10. The van der Waals surface area contributed by atoms with E-state index in [0.717, 1.165) is 23.5 Å². The number of nitrogens with zero attached hydrogens (tertiary/aromatic N) is 3. The molecule has 0 amide bonds. The van der Waals surface area contributed by atoms with E-state index in [1.165, 1.54) is 20.0 Å². The lowest BCUT2D eigenvalue weighted by molar-refractivity contribution is -0.144. The zero-order valence-electron chi connectivity index (χ0n) is 12.3. The molecule has 1 unspecified atom stereocenters. The monoisotopic (exact) mass is 305 g/mol. The molecule has 0 N–H and O–H groups in total. The summed E-state index contributed by atoms with van der Waals surface area (Å²) in [7, 11) is 3.30. The van der Waals surface area contributed by atoms with Gasteiger partial charge in [0.25, 0.3) is 0 Å². The Morgan fingerprint density at radius 1 is 1.48 bits per heavy atom. The first kappa shape index (κ1) is 14.3. The average Bonchev–Trinajstić information content (AvgIpc) is 3.20. The van der Waals surface area contributed by atoms with Crippen LogP contribution in [0.3, 0.4) is 0 Å². The predicted molar refractivity (Wildman–Crippen MR) is 81.0 cm³/mol. The number of ether oxygens (including phenoxy) is 1. The first-order chi connectivity index (χ1) is 10.2. The number of carbonyl (C=O) groups excluding carboxylic acids is 1. The highest BCUT2D eigenvalue weighted by Crippen LogP contribution is 2.38. The maximum absolute atomic E-state index is 12.2. The summed E-state index contributed by atoms with van der Waals surface area (Å²) in [6.07, 6.45) is 4.46. The Morgan fingerprint density at radius 2 is 2.24 bits per heavy atom. The zero-order chi connectivity index (χ0) is 14.8. The van der Waals surface area contributed by atoms with Gasteiger partial charge >= 0.3 is 5.97 Å². The van der Waals surface area contributed by atoms with Gasteiger partial charge in [0.05, 0.1) is 12.0 Å². The molecule has 0 aromatic carbocycles. The molecule has 5 nitrogen and oxygen atoms in total. The van der Waals surface area contributed by atoms with Crippen molar-refractivity contribution < 1.29 is 9.53 Å². The average molecular weight is 305 g/mol. The van der Waals surface area contributed by atoms with Gasteiger partial charge in [-0.15, -0.1) is 11.3 Å². The molecule has 21 heavy (non-hydrogen) atoms. The largest absolute Gasteiger partial charge is 0.468 e. The SMILES string of the molecule is COC(=O)C(c1nc(-c2cccs2)nn1C)C1CCCC1. The van der Waals surface area contributed by atoms with Crippen molar-refractivity contribution in [2.24, 2.45) is 13.0 Å². The minimum absolute atomic E-state index is 0.199. The second kappa shape index (κ2) is 5.97. The van der Waals surface area contributed by atoms with Crippen LogP contribution in [-0.2, 0) is 16.6 Å². The Balaban J connectivity index is 1.97. The lowest BCUT2D eigenvalue weighted by atomic mass is 9.90. The van der Waals surface area contributed by atoms with Gasteiger partial charge in [-0.2, -0.15) is 5.10 Å². The minimum atomic E-state index is -0.302. The van der Waals surface area contributed by atoms with Crippen LogP contribution in [-0.4, -0.2) is 27.8 Å². The lowest BCUT2D eigenvalue weighted by Gasteiger charge is -2.19. The molecule has 6 heteroatoms. The van der Waals surface area contributed by atoms with Gasteiger partial charge in [0.15, 0.2) is 5.82 Å². The molecule has 112 valence electrons. The van der Waals surface area contributed by atoms with Crippen molar-refractivity contribution in [3.63, 3.8) is 0 Å². The molecule has 1 aliphatic rings. The number of aryl methyl sites for hydroxylation is 1. The van der Waals surface area contributed by atoms with Crippen LogP contribution in [0.1, 0.15) is 37.4 Å². The van der Waals surface area contributed by atoms with Crippen LogP contribution in [0.25, 0.3) is 10.7 Å². The number of carbonyl (C=O) groups is 1. The fourth-order valence-corrected chi connectivity index (χ4v) is 3.76. The van der Waals surface area contributed by atoms with Gasteiger partial charge in [0.1, 0.15) is 11.7 Å². The Morgan fingerprint density at radius 3 is 2.86 bits per heavy atom. The molecule has 1 saturated carbocycles. The fraction of sp³-hybridized carbons (Fsp3) is 0.533. The number of rotatable bonds is 4. The first-order valence-electron chi connectivity index (χ1n) is 7.23. The molecule has 2 aromatic rings. The molecule has 0 spiro atoms. The summed E-state index contributed by atoms with van der Waals surface area (Å²) in [6, 6.07) is 3.97. The molecule has 3 rings (SSSR count). The number of aromatic nitrogens is 3. The molecule has 0 radical (unpaired) electrons. The first-order valence-corrected chi connectivity index (χ1v) is 8.11. The maximum atomic E-state index is 12.2. The van der Waals surface area contributed by atoms with Gasteiger partial charge in [-0.05, 0) is 30.2 Å². The van der Waals surface area contributed by atoms with Crippen molar-refractivity contribution >= 4 is 17.3 Å². The van der Waals surface area contributed by atoms with E-state index in [2.05, 4.69) is 10.1 Å². The quantitative estimate of drug-likeness (QED) is 0.815. The summed E-state index contributed by atoms with van der Waals surface area (Å²) >= 11 is 1.60. The summed E-state index contributed by atoms with van der Waals surface area (Å²) in [5.41, 5.74) is 0. The summed E-state index contributed by atoms with van der Waals surface area (Å²) in [5, 5.41) is 6.47. The van der Waals surface area contributed by atoms with Gasteiger partial charge < -0.3 is 4.74 Å². The molecule has 0 bridgehead atoms. The smallest absolute Gasteiger partial charge is 0.316 e. The topological polar surface area (TPSA) is 57.0 Å². The normalized spacial score (nSPS) is 17.0. The number of methoxy groups -OCH3 is 1.